The second kappa shape index (κ2) is 4.42. The summed E-state index contributed by atoms with van der Waals surface area (Å²) in [5, 5.41) is 11.8. The number of carboxylic acid groups (broad SMARTS) is 1. The highest BCUT2D eigenvalue weighted by molar-refractivity contribution is 5.86. The fraction of sp³-hybridized carbons (Fsp3) is 0.700. The zero-order valence-corrected chi connectivity index (χ0v) is 8.05. The Kier molecular flexibility index (Phi) is 3.48. The average molecular weight is 183 g/mol. The third-order valence-electron chi connectivity index (χ3n) is 2.74. The lowest BCUT2D eigenvalue weighted by molar-refractivity contribution is -0.132. The molecule has 0 spiro atoms. The Labute approximate surface area is 78.8 Å². The highest BCUT2D eigenvalue weighted by Crippen LogP contribution is 2.24. The van der Waals surface area contributed by atoms with Gasteiger partial charge >= 0.3 is 5.97 Å². The van der Waals surface area contributed by atoms with Crippen LogP contribution in [0, 0.1) is 5.92 Å². The maximum absolute atomic E-state index is 10.4. The van der Waals surface area contributed by atoms with Gasteiger partial charge in [-0.25, -0.2) is 4.79 Å². The van der Waals surface area contributed by atoms with Gasteiger partial charge in [0.1, 0.15) is 0 Å². The topological polar surface area (TPSA) is 49.3 Å². The van der Waals surface area contributed by atoms with Crippen LogP contribution >= 0.6 is 0 Å². The minimum atomic E-state index is -0.904. The van der Waals surface area contributed by atoms with E-state index in [-0.39, 0.29) is 5.57 Å². The molecule has 0 bridgehead atoms. The largest absolute Gasteiger partial charge is 0.478 e. The zero-order valence-electron chi connectivity index (χ0n) is 8.05. The van der Waals surface area contributed by atoms with Crippen molar-refractivity contribution in [2.75, 3.05) is 6.54 Å². The highest BCUT2D eigenvalue weighted by Gasteiger charge is 2.22. The SMILES string of the molecule is C=C(CNC1CCCC1C)C(=O)O. The lowest BCUT2D eigenvalue weighted by Crippen LogP contribution is -2.33. The van der Waals surface area contributed by atoms with E-state index in [4.69, 9.17) is 5.11 Å². The summed E-state index contributed by atoms with van der Waals surface area (Å²) in [7, 11) is 0. The molecule has 2 N–H and O–H groups in total. The van der Waals surface area contributed by atoms with Gasteiger partial charge in [-0.05, 0) is 18.8 Å². The predicted molar refractivity (Wildman–Crippen MR) is 51.6 cm³/mol. The quantitative estimate of drug-likeness (QED) is 0.648. The Hall–Kier alpha value is -0.830. The van der Waals surface area contributed by atoms with Crippen molar-refractivity contribution in [3.63, 3.8) is 0 Å². The summed E-state index contributed by atoms with van der Waals surface area (Å²) >= 11 is 0. The van der Waals surface area contributed by atoms with Crippen molar-refractivity contribution in [2.24, 2.45) is 5.92 Å². The van der Waals surface area contributed by atoms with Crippen LogP contribution in [-0.2, 0) is 4.79 Å². The summed E-state index contributed by atoms with van der Waals surface area (Å²) in [5.74, 6) is -0.236. The Balaban J connectivity index is 2.26. The lowest BCUT2D eigenvalue weighted by Gasteiger charge is -2.16. The Morgan fingerprint density at radius 3 is 2.77 bits per heavy atom. The molecule has 0 aromatic carbocycles. The Morgan fingerprint density at radius 1 is 1.62 bits per heavy atom. The van der Waals surface area contributed by atoms with Gasteiger partial charge in [0.25, 0.3) is 0 Å². The number of rotatable bonds is 4. The van der Waals surface area contributed by atoms with Crippen LogP contribution in [0.1, 0.15) is 26.2 Å². The van der Waals surface area contributed by atoms with E-state index in [0.717, 1.165) is 6.42 Å². The molecule has 0 saturated heterocycles. The van der Waals surface area contributed by atoms with Crippen LogP contribution in [0.3, 0.4) is 0 Å². The van der Waals surface area contributed by atoms with E-state index in [0.29, 0.717) is 18.5 Å². The van der Waals surface area contributed by atoms with Crippen molar-refractivity contribution in [1.82, 2.24) is 5.32 Å². The molecule has 1 saturated carbocycles. The fourth-order valence-corrected chi connectivity index (χ4v) is 1.78. The second-order valence-corrected chi connectivity index (χ2v) is 3.80. The average Bonchev–Trinajstić information content (AvgIpc) is 2.47. The second-order valence-electron chi connectivity index (χ2n) is 3.80. The van der Waals surface area contributed by atoms with Gasteiger partial charge in [-0.15, -0.1) is 0 Å². The molecule has 1 aliphatic rings. The first-order valence-electron chi connectivity index (χ1n) is 4.75. The van der Waals surface area contributed by atoms with Crippen LogP contribution < -0.4 is 5.32 Å². The molecule has 1 fully saturated rings. The summed E-state index contributed by atoms with van der Waals surface area (Å²) in [6.45, 7) is 6.09. The van der Waals surface area contributed by atoms with Gasteiger partial charge in [-0.3, -0.25) is 0 Å². The van der Waals surface area contributed by atoms with E-state index >= 15 is 0 Å². The Morgan fingerprint density at radius 2 is 2.31 bits per heavy atom. The van der Waals surface area contributed by atoms with Crippen LogP contribution in [-0.4, -0.2) is 23.7 Å². The van der Waals surface area contributed by atoms with E-state index in [1.165, 1.54) is 12.8 Å². The molecule has 3 nitrogen and oxygen atoms in total. The number of nitrogens with one attached hydrogen (secondary N) is 1. The third-order valence-corrected chi connectivity index (χ3v) is 2.74. The molecule has 2 atom stereocenters. The van der Waals surface area contributed by atoms with E-state index in [9.17, 15) is 4.79 Å². The Bertz CT molecular complexity index is 213. The van der Waals surface area contributed by atoms with Crippen molar-refractivity contribution in [1.29, 1.82) is 0 Å². The molecule has 3 heteroatoms. The van der Waals surface area contributed by atoms with E-state index in [1.807, 2.05) is 0 Å². The predicted octanol–water partition coefficient (Wildman–Crippen LogP) is 1.41. The minimum absolute atomic E-state index is 0.249. The minimum Gasteiger partial charge on any atom is -0.478 e. The van der Waals surface area contributed by atoms with Gasteiger partial charge in [0, 0.05) is 18.2 Å². The van der Waals surface area contributed by atoms with Crippen LogP contribution in [0.25, 0.3) is 0 Å². The third kappa shape index (κ3) is 2.84. The highest BCUT2D eigenvalue weighted by atomic mass is 16.4. The molecule has 0 aliphatic heterocycles. The van der Waals surface area contributed by atoms with E-state index in [1.54, 1.807) is 0 Å². The summed E-state index contributed by atoms with van der Waals surface area (Å²) in [4.78, 5) is 10.4. The van der Waals surface area contributed by atoms with Crippen LogP contribution in [0.15, 0.2) is 12.2 Å². The molecular weight excluding hydrogens is 166 g/mol. The van der Waals surface area contributed by atoms with Crippen molar-refractivity contribution in [3.05, 3.63) is 12.2 Å². The summed E-state index contributed by atoms with van der Waals surface area (Å²) < 4.78 is 0. The van der Waals surface area contributed by atoms with Gasteiger partial charge in [0.15, 0.2) is 0 Å². The molecule has 0 amide bonds. The number of aliphatic carboxylic acids is 1. The molecule has 0 radical (unpaired) electrons. The van der Waals surface area contributed by atoms with Crippen molar-refractivity contribution < 1.29 is 9.90 Å². The van der Waals surface area contributed by atoms with E-state index < -0.39 is 5.97 Å². The van der Waals surface area contributed by atoms with Crippen LogP contribution in [0.5, 0.6) is 0 Å². The van der Waals surface area contributed by atoms with E-state index in [2.05, 4.69) is 18.8 Å². The summed E-state index contributed by atoms with van der Waals surface area (Å²) in [6, 6.07) is 0.482. The maximum Gasteiger partial charge on any atom is 0.332 e. The number of carbonyl (C=O) groups is 1. The first kappa shape index (κ1) is 10.3. The van der Waals surface area contributed by atoms with Crippen molar-refractivity contribution in [3.8, 4) is 0 Å². The smallest absolute Gasteiger partial charge is 0.332 e. The first-order chi connectivity index (χ1) is 6.11. The molecule has 1 rings (SSSR count). The first-order valence-corrected chi connectivity index (χ1v) is 4.75. The van der Waals surface area contributed by atoms with Gasteiger partial charge in [0.05, 0.1) is 0 Å². The summed E-state index contributed by atoms with van der Waals surface area (Å²) in [5.41, 5.74) is 0.249. The lowest BCUT2D eigenvalue weighted by atomic mass is 10.1. The summed E-state index contributed by atoms with van der Waals surface area (Å²) in [6.07, 6.45) is 3.66. The molecule has 13 heavy (non-hydrogen) atoms. The molecule has 0 aromatic rings. The number of hydrogen-bond donors (Lipinski definition) is 2. The maximum atomic E-state index is 10.4. The molecule has 2 unspecified atom stereocenters. The van der Waals surface area contributed by atoms with Gasteiger partial charge in [-0.1, -0.05) is 19.9 Å². The number of hydrogen-bond acceptors (Lipinski definition) is 2. The van der Waals surface area contributed by atoms with Crippen LogP contribution in [0.4, 0.5) is 0 Å². The normalized spacial score (nSPS) is 27.5. The standard InChI is InChI=1S/C10H17NO2/c1-7-4-3-5-9(7)11-6-8(2)10(12)13/h7,9,11H,2-6H2,1H3,(H,12,13). The molecule has 0 heterocycles. The van der Waals surface area contributed by atoms with Gasteiger partial charge < -0.3 is 10.4 Å². The molecular formula is C10H17NO2. The van der Waals surface area contributed by atoms with Crippen LogP contribution in [0.2, 0.25) is 0 Å². The molecule has 1 aliphatic carbocycles. The molecule has 0 aromatic heterocycles. The number of carboxylic acids is 1. The monoisotopic (exact) mass is 183 g/mol. The molecule has 74 valence electrons. The van der Waals surface area contributed by atoms with Gasteiger partial charge in [-0.2, -0.15) is 0 Å². The van der Waals surface area contributed by atoms with Crippen molar-refractivity contribution in [2.45, 2.75) is 32.2 Å². The van der Waals surface area contributed by atoms with Gasteiger partial charge in [0.2, 0.25) is 0 Å². The zero-order chi connectivity index (χ0) is 9.84. The fourth-order valence-electron chi connectivity index (χ4n) is 1.78. The van der Waals surface area contributed by atoms with Crippen molar-refractivity contribution >= 4 is 5.97 Å².